The normalized spacial score (nSPS) is 11.4. The topological polar surface area (TPSA) is 38.7 Å². The molecule has 0 aliphatic rings. The standard InChI is InChI=1S/C45H18B11N3S/c46-30-25(26-32(48)33(49)27-28-34(50)38(54)39(55)40(56)42(28)60-41(27)37(26)53)31(47)36(52)29(35(30)51)45-58-43(23-15-11-21(12-16-23)19-7-3-1-4-8-19)57-44(59-45)24-17-13-22(14-18-24)20-9-5-2-6-10-20/h1-18H. The zero-order chi connectivity index (χ0) is 42.1. The number of thiophene rings is 1. The van der Waals surface area contributed by atoms with Gasteiger partial charge in [0.25, 0.3) is 0 Å². The molecule has 60 heavy (non-hydrogen) atoms. The lowest BCUT2D eigenvalue weighted by Crippen LogP contribution is -2.48. The molecule has 252 valence electrons. The predicted molar refractivity (Wildman–Crippen MR) is 265 cm³/mol. The van der Waals surface area contributed by atoms with Gasteiger partial charge < -0.3 is 0 Å². The lowest BCUT2D eigenvalue weighted by atomic mass is 9.59. The molecule has 0 amide bonds. The molecule has 0 N–H and O–H groups in total. The van der Waals surface area contributed by atoms with Gasteiger partial charge in [-0.3, -0.25) is 0 Å². The first-order chi connectivity index (χ1) is 28.8. The van der Waals surface area contributed by atoms with Gasteiger partial charge in [0.15, 0.2) is 17.5 Å². The van der Waals surface area contributed by atoms with E-state index in [2.05, 4.69) is 0 Å². The monoisotopic (exact) mass is 753 g/mol. The summed E-state index contributed by atoms with van der Waals surface area (Å²) in [6.07, 6.45) is 0. The molecular formula is C45H18B11N3S. The van der Waals surface area contributed by atoms with Crippen LogP contribution in [0.25, 0.3) is 87.7 Å². The summed E-state index contributed by atoms with van der Waals surface area (Å²) < 4.78 is 1.06. The second-order valence-electron chi connectivity index (χ2n) is 14.4. The summed E-state index contributed by atoms with van der Waals surface area (Å²) in [5.41, 5.74) is 7.59. The molecule has 0 aliphatic heterocycles. The third-order valence-corrected chi connectivity index (χ3v) is 12.2. The lowest BCUT2D eigenvalue weighted by Gasteiger charge is -2.26. The summed E-state index contributed by atoms with van der Waals surface area (Å²) >= 11 is 1.23. The smallest absolute Gasteiger partial charge is 0.164 e. The molecule has 0 atom stereocenters. The van der Waals surface area contributed by atoms with E-state index >= 15 is 0 Å². The summed E-state index contributed by atoms with van der Waals surface area (Å²) in [5.74, 6) is 0.895. The van der Waals surface area contributed by atoms with Crippen molar-refractivity contribution in [3.05, 3.63) is 109 Å². The van der Waals surface area contributed by atoms with Crippen LogP contribution in [-0.4, -0.2) is 101 Å². The van der Waals surface area contributed by atoms with E-state index < -0.39 is 0 Å². The summed E-state index contributed by atoms with van der Waals surface area (Å²) in [5, 5.41) is 0.959. The lowest BCUT2D eigenvalue weighted by molar-refractivity contribution is 1.08. The van der Waals surface area contributed by atoms with Gasteiger partial charge in [-0.05, 0) is 44.2 Å². The van der Waals surface area contributed by atoms with E-state index in [4.69, 9.17) is 101 Å². The van der Waals surface area contributed by atoms with Crippen LogP contribution in [0.15, 0.2) is 109 Å². The highest BCUT2D eigenvalue weighted by atomic mass is 32.1. The zero-order valence-corrected chi connectivity index (χ0v) is 32.8. The molecule has 9 aromatic rings. The average molecular weight is 752 g/mol. The van der Waals surface area contributed by atoms with Crippen molar-refractivity contribution in [2.45, 2.75) is 0 Å². The Bertz CT molecular complexity index is 3060. The van der Waals surface area contributed by atoms with Crippen molar-refractivity contribution in [2.75, 3.05) is 0 Å². The summed E-state index contributed by atoms with van der Waals surface area (Å²) in [4.78, 5) is 14.8. The SMILES string of the molecule is [B]c1c([B])c(-c2c([B])c([B])c3c(sc4c([B])c([B])c([B])c([B])c43)c2[B])c([B])c([B])c1-c1nc(-c2ccc(-c3ccccc3)cc2)nc(-c2ccc(-c3ccccc3)cc2)n1. The van der Waals surface area contributed by atoms with Crippen LogP contribution in [0.2, 0.25) is 0 Å². The summed E-state index contributed by atoms with van der Waals surface area (Å²) in [6.45, 7) is 0. The van der Waals surface area contributed by atoms with Crippen molar-refractivity contribution in [2.24, 2.45) is 0 Å². The molecular weight excluding hydrogens is 734 g/mol. The number of hydrogen-bond donors (Lipinski definition) is 0. The second kappa shape index (κ2) is 15.5. The van der Waals surface area contributed by atoms with E-state index in [1.807, 2.05) is 109 Å². The van der Waals surface area contributed by atoms with Crippen LogP contribution in [0.4, 0.5) is 0 Å². The molecule has 0 spiro atoms. The fraction of sp³-hybridized carbons (Fsp3) is 0. The third-order valence-electron chi connectivity index (χ3n) is 10.9. The Hall–Kier alpha value is -5.52. The largest absolute Gasteiger partial charge is 0.208 e. The van der Waals surface area contributed by atoms with Crippen LogP contribution in [-0.2, 0) is 0 Å². The van der Waals surface area contributed by atoms with E-state index in [0.29, 0.717) is 31.8 Å². The van der Waals surface area contributed by atoms with Gasteiger partial charge in [0.05, 0.1) is 0 Å². The van der Waals surface area contributed by atoms with Gasteiger partial charge in [-0.25, -0.2) is 15.0 Å². The maximum atomic E-state index is 6.92. The Balaban J connectivity index is 1.23. The first kappa shape index (κ1) is 39.9. The summed E-state index contributed by atoms with van der Waals surface area (Å²) in [7, 11) is 73.4. The van der Waals surface area contributed by atoms with Crippen molar-refractivity contribution in [1.82, 2.24) is 15.0 Å². The number of rotatable bonds is 6. The van der Waals surface area contributed by atoms with Crippen molar-refractivity contribution in [3.63, 3.8) is 0 Å². The quantitative estimate of drug-likeness (QED) is 0.205. The zero-order valence-electron chi connectivity index (χ0n) is 32.0. The fourth-order valence-corrected chi connectivity index (χ4v) is 8.90. The number of aromatic nitrogens is 3. The Labute approximate surface area is 367 Å². The van der Waals surface area contributed by atoms with Crippen LogP contribution in [0, 0.1) is 0 Å². The average Bonchev–Trinajstić information content (AvgIpc) is 3.70. The van der Waals surface area contributed by atoms with E-state index in [9.17, 15) is 0 Å². The van der Waals surface area contributed by atoms with Gasteiger partial charge in [-0.1, -0.05) is 158 Å². The molecule has 0 bridgehead atoms. The van der Waals surface area contributed by atoms with E-state index in [1.165, 1.54) is 11.3 Å². The highest BCUT2D eigenvalue weighted by Crippen LogP contribution is 2.31. The van der Waals surface area contributed by atoms with Crippen molar-refractivity contribution in [1.29, 1.82) is 0 Å². The summed E-state index contributed by atoms with van der Waals surface area (Å²) in [6, 6.07) is 36.0. The van der Waals surface area contributed by atoms with Gasteiger partial charge in [0, 0.05) is 26.1 Å². The Kier molecular flexibility index (Phi) is 10.3. The highest BCUT2D eigenvalue weighted by Gasteiger charge is 2.25. The molecule has 0 saturated heterocycles. The number of fused-ring (bicyclic) bond motifs is 3. The number of nitrogens with zero attached hydrogens (tertiary/aromatic N) is 3. The molecule has 2 heterocycles. The van der Waals surface area contributed by atoms with Gasteiger partial charge in [-0.15, -0.1) is 22.3 Å². The van der Waals surface area contributed by atoms with Gasteiger partial charge in [0.1, 0.15) is 86.3 Å². The molecule has 3 nitrogen and oxygen atoms in total. The molecule has 2 aromatic heterocycles. The molecule has 0 aliphatic carbocycles. The van der Waals surface area contributed by atoms with Gasteiger partial charge in [0.2, 0.25) is 0 Å². The molecule has 0 fully saturated rings. The maximum Gasteiger partial charge on any atom is 0.164 e. The van der Waals surface area contributed by atoms with Crippen molar-refractivity contribution >= 4 is 178 Å². The Morgan fingerprint density at radius 1 is 0.267 bits per heavy atom. The van der Waals surface area contributed by atoms with Gasteiger partial charge in [-0.2, -0.15) is 0 Å². The van der Waals surface area contributed by atoms with E-state index in [1.54, 1.807) is 0 Å². The Morgan fingerprint density at radius 3 is 1.05 bits per heavy atom. The first-order valence-electron chi connectivity index (χ1n) is 18.6. The molecule has 0 unspecified atom stereocenters. The second-order valence-corrected chi connectivity index (χ2v) is 15.4. The number of hydrogen-bond acceptors (Lipinski definition) is 4. The van der Waals surface area contributed by atoms with E-state index in [0.717, 1.165) is 33.4 Å². The molecule has 15 heteroatoms. The minimum absolute atomic E-state index is 0.0328. The first-order valence-corrected chi connectivity index (χ1v) is 19.5. The molecule has 0 saturated carbocycles. The predicted octanol–water partition coefficient (Wildman–Crippen LogP) is -1.03. The van der Waals surface area contributed by atoms with Gasteiger partial charge >= 0.3 is 0 Å². The molecule has 9 rings (SSSR count). The van der Waals surface area contributed by atoms with Crippen LogP contribution in [0.5, 0.6) is 0 Å². The van der Waals surface area contributed by atoms with Crippen molar-refractivity contribution in [3.8, 4) is 67.5 Å². The van der Waals surface area contributed by atoms with Crippen LogP contribution >= 0.6 is 11.3 Å². The van der Waals surface area contributed by atoms with Crippen molar-refractivity contribution < 1.29 is 0 Å². The fourth-order valence-electron chi connectivity index (χ4n) is 7.64. The number of benzene rings is 7. The highest BCUT2D eigenvalue weighted by molar-refractivity contribution is 7.28. The minimum Gasteiger partial charge on any atom is -0.208 e. The maximum absolute atomic E-state index is 6.92. The van der Waals surface area contributed by atoms with E-state index in [-0.39, 0.29) is 82.6 Å². The van der Waals surface area contributed by atoms with Crippen LogP contribution in [0.3, 0.4) is 0 Å². The molecule has 7 aromatic carbocycles. The third kappa shape index (κ3) is 6.48. The minimum atomic E-state index is 0.0328. The Morgan fingerprint density at radius 2 is 0.583 bits per heavy atom. The van der Waals surface area contributed by atoms with Crippen LogP contribution < -0.4 is 60.1 Å². The van der Waals surface area contributed by atoms with Crippen LogP contribution in [0.1, 0.15) is 0 Å². The molecule has 22 radical (unpaired) electrons.